The van der Waals surface area contributed by atoms with E-state index in [1.807, 2.05) is 24.3 Å². The minimum absolute atomic E-state index is 0.219. The Morgan fingerprint density at radius 1 is 1.17 bits per heavy atom. The molecule has 2 saturated heterocycles. The van der Waals surface area contributed by atoms with Gasteiger partial charge in [0.15, 0.2) is 5.79 Å². The van der Waals surface area contributed by atoms with Crippen LogP contribution in [0.5, 0.6) is 5.75 Å². The molecule has 3 heterocycles. The molecule has 1 spiro atoms. The third-order valence-corrected chi connectivity index (χ3v) is 5.33. The summed E-state index contributed by atoms with van der Waals surface area (Å²) in [5.74, 6) is 1.47. The molecule has 154 valence electrons. The molecule has 1 aromatic carbocycles. The lowest BCUT2D eigenvalue weighted by Gasteiger charge is -2.38. The van der Waals surface area contributed by atoms with Crippen LogP contribution in [0.1, 0.15) is 34.7 Å². The summed E-state index contributed by atoms with van der Waals surface area (Å²) in [4.78, 5) is 23.7. The molecule has 0 saturated carbocycles. The van der Waals surface area contributed by atoms with Crippen LogP contribution in [-0.4, -0.2) is 55.1 Å². The van der Waals surface area contributed by atoms with Crippen LogP contribution in [0, 0.1) is 6.92 Å². The van der Waals surface area contributed by atoms with Crippen molar-refractivity contribution in [1.29, 1.82) is 0 Å². The zero-order chi connectivity index (χ0) is 20.3. The van der Waals surface area contributed by atoms with E-state index in [0.29, 0.717) is 31.3 Å². The lowest BCUT2D eigenvalue weighted by atomic mass is 10.0. The monoisotopic (exact) mass is 398 g/mol. The first-order chi connectivity index (χ1) is 14.1. The number of rotatable bonds is 5. The van der Waals surface area contributed by atoms with Crippen LogP contribution in [0.2, 0.25) is 0 Å². The van der Waals surface area contributed by atoms with Crippen molar-refractivity contribution in [3.8, 4) is 5.75 Å². The molecule has 2 aliphatic rings. The standard InChI is InChI=1S/C21H26N4O4/c1-15-23-18(20(26)22-14-16-3-5-17(27-2)6-4-16)13-19(24-15)25-9-7-21(8-10-25)28-11-12-29-21/h3-6,13H,7-12,14H2,1-2H3,(H,22,26). The molecule has 2 aliphatic heterocycles. The fraction of sp³-hybridized carbons (Fsp3) is 0.476. The first-order valence-corrected chi connectivity index (χ1v) is 9.87. The molecule has 8 heteroatoms. The zero-order valence-corrected chi connectivity index (χ0v) is 16.8. The van der Waals surface area contributed by atoms with E-state index in [1.54, 1.807) is 20.1 Å². The van der Waals surface area contributed by atoms with Crippen molar-refractivity contribution in [3.63, 3.8) is 0 Å². The second kappa shape index (κ2) is 8.34. The first-order valence-electron chi connectivity index (χ1n) is 9.87. The summed E-state index contributed by atoms with van der Waals surface area (Å²) in [6.07, 6.45) is 1.57. The molecule has 1 amide bonds. The molecule has 29 heavy (non-hydrogen) atoms. The Bertz CT molecular complexity index is 855. The van der Waals surface area contributed by atoms with Crippen molar-refractivity contribution in [2.45, 2.75) is 32.1 Å². The zero-order valence-electron chi connectivity index (χ0n) is 16.8. The van der Waals surface area contributed by atoms with Crippen LogP contribution in [-0.2, 0) is 16.0 Å². The van der Waals surface area contributed by atoms with E-state index >= 15 is 0 Å². The summed E-state index contributed by atoms with van der Waals surface area (Å²) in [5.41, 5.74) is 1.36. The van der Waals surface area contributed by atoms with Gasteiger partial charge in [0, 0.05) is 38.5 Å². The number of piperidine rings is 1. The minimum atomic E-state index is -0.433. The van der Waals surface area contributed by atoms with Crippen LogP contribution in [0.4, 0.5) is 5.82 Å². The largest absolute Gasteiger partial charge is 0.497 e. The third-order valence-electron chi connectivity index (χ3n) is 5.33. The molecule has 0 aliphatic carbocycles. The SMILES string of the molecule is COc1ccc(CNC(=O)c2cc(N3CCC4(CC3)OCCO4)nc(C)n2)cc1. The highest BCUT2D eigenvalue weighted by atomic mass is 16.7. The molecule has 2 aromatic rings. The van der Waals surface area contributed by atoms with Gasteiger partial charge in [-0.3, -0.25) is 4.79 Å². The molecule has 8 nitrogen and oxygen atoms in total. The van der Waals surface area contributed by atoms with Gasteiger partial charge >= 0.3 is 0 Å². The molecule has 2 fully saturated rings. The van der Waals surface area contributed by atoms with Crippen molar-refractivity contribution in [3.05, 3.63) is 47.4 Å². The number of hydrogen-bond donors (Lipinski definition) is 1. The fourth-order valence-corrected chi connectivity index (χ4v) is 3.71. The highest BCUT2D eigenvalue weighted by Gasteiger charge is 2.40. The summed E-state index contributed by atoms with van der Waals surface area (Å²) < 4.78 is 16.7. The van der Waals surface area contributed by atoms with Gasteiger partial charge in [0.1, 0.15) is 23.1 Å². The molecule has 1 N–H and O–H groups in total. The average molecular weight is 398 g/mol. The Kier molecular flexibility index (Phi) is 5.64. The molecular weight excluding hydrogens is 372 g/mol. The lowest BCUT2D eigenvalue weighted by Crippen LogP contribution is -2.45. The Hall–Kier alpha value is -2.71. The molecule has 0 unspecified atom stereocenters. The molecule has 4 rings (SSSR count). The Labute approximate surface area is 170 Å². The summed E-state index contributed by atoms with van der Waals surface area (Å²) in [7, 11) is 1.63. The number of nitrogens with zero attached hydrogens (tertiary/aromatic N) is 3. The fourth-order valence-electron chi connectivity index (χ4n) is 3.71. The number of carbonyl (C=O) groups is 1. The van der Waals surface area contributed by atoms with Gasteiger partial charge < -0.3 is 24.4 Å². The number of benzene rings is 1. The van der Waals surface area contributed by atoms with Gasteiger partial charge in [-0.2, -0.15) is 0 Å². The highest BCUT2D eigenvalue weighted by molar-refractivity contribution is 5.92. The number of aryl methyl sites for hydroxylation is 1. The second-order valence-corrected chi connectivity index (χ2v) is 7.28. The number of carbonyl (C=O) groups excluding carboxylic acids is 1. The maximum Gasteiger partial charge on any atom is 0.270 e. The van der Waals surface area contributed by atoms with Crippen molar-refractivity contribution in [2.24, 2.45) is 0 Å². The van der Waals surface area contributed by atoms with Crippen LogP contribution >= 0.6 is 0 Å². The van der Waals surface area contributed by atoms with Gasteiger partial charge in [-0.05, 0) is 24.6 Å². The highest BCUT2D eigenvalue weighted by Crippen LogP contribution is 2.32. The molecule has 0 atom stereocenters. The Morgan fingerprint density at radius 2 is 1.86 bits per heavy atom. The number of ether oxygens (including phenoxy) is 3. The Balaban J connectivity index is 1.40. The number of nitrogens with one attached hydrogen (secondary N) is 1. The number of methoxy groups -OCH3 is 1. The van der Waals surface area contributed by atoms with E-state index in [1.165, 1.54) is 0 Å². The van der Waals surface area contributed by atoms with Crippen LogP contribution in [0.25, 0.3) is 0 Å². The predicted molar refractivity (Wildman–Crippen MR) is 107 cm³/mol. The first kappa shape index (κ1) is 19.6. The van der Waals surface area contributed by atoms with Crippen LogP contribution in [0.3, 0.4) is 0 Å². The lowest BCUT2D eigenvalue weighted by molar-refractivity contribution is -0.169. The van der Waals surface area contributed by atoms with Gasteiger partial charge in [-0.15, -0.1) is 0 Å². The van der Waals surface area contributed by atoms with Crippen LogP contribution in [0.15, 0.2) is 30.3 Å². The van der Waals surface area contributed by atoms with Crippen molar-refractivity contribution < 1.29 is 19.0 Å². The summed E-state index contributed by atoms with van der Waals surface area (Å²) in [5, 5.41) is 2.92. The smallest absolute Gasteiger partial charge is 0.270 e. The maximum absolute atomic E-state index is 12.6. The van der Waals surface area contributed by atoms with E-state index in [4.69, 9.17) is 14.2 Å². The molecule has 1 aromatic heterocycles. The minimum Gasteiger partial charge on any atom is -0.497 e. The summed E-state index contributed by atoms with van der Waals surface area (Å²) in [6.45, 7) is 5.07. The van der Waals surface area contributed by atoms with E-state index in [-0.39, 0.29) is 5.91 Å². The number of anilines is 1. The van der Waals surface area contributed by atoms with E-state index < -0.39 is 5.79 Å². The maximum atomic E-state index is 12.6. The van der Waals surface area contributed by atoms with Crippen molar-refractivity contribution in [2.75, 3.05) is 38.3 Å². The third kappa shape index (κ3) is 4.49. The van der Waals surface area contributed by atoms with Gasteiger partial charge in [0.05, 0.1) is 20.3 Å². The van der Waals surface area contributed by atoms with Crippen molar-refractivity contribution in [1.82, 2.24) is 15.3 Å². The van der Waals surface area contributed by atoms with Gasteiger partial charge in [0.2, 0.25) is 0 Å². The number of aromatic nitrogens is 2. The predicted octanol–water partition coefficient (Wildman–Crippen LogP) is 2.07. The quantitative estimate of drug-likeness (QED) is 0.825. The van der Waals surface area contributed by atoms with Crippen molar-refractivity contribution >= 4 is 11.7 Å². The topological polar surface area (TPSA) is 85.8 Å². The van der Waals surface area contributed by atoms with E-state index in [9.17, 15) is 4.79 Å². The van der Waals surface area contributed by atoms with E-state index in [0.717, 1.165) is 43.1 Å². The molecule has 0 bridgehead atoms. The van der Waals surface area contributed by atoms with E-state index in [2.05, 4.69) is 20.2 Å². The van der Waals surface area contributed by atoms with Gasteiger partial charge in [0.25, 0.3) is 5.91 Å². The normalized spacial score (nSPS) is 18.1. The number of amides is 1. The number of hydrogen-bond acceptors (Lipinski definition) is 7. The molecular formula is C21H26N4O4. The van der Waals surface area contributed by atoms with Gasteiger partial charge in [-0.1, -0.05) is 12.1 Å². The summed E-state index contributed by atoms with van der Waals surface area (Å²) >= 11 is 0. The Morgan fingerprint density at radius 3 is 2.52 bits per heavy atom. The average Bonchev–Trinajstić information content (AvgIpc) is 3.20. The summed E-state index contributed by atoms with van der Waals surface area (Å²) in [6, 6.07) is 9.34. The molecule has 0 radical (unpaired) electrons. The second-order valence-electron chi connectivity index (χ2n) is 7.28. The van der Waals surface area contributed by atoms with Gasteiger partial charge in [-0.25, -0.2) is 9.97 Å². The van der Waals surface area contributed by atoms with Crippen LogP contribution < -0.4 is 15.0 Å².